The molecule has 0 amide bonds. The Morgan fingerprint density at radius 2 is 1.91 bits per heavy atom. The first-order chi connectivity index (χ1) is 5.13. The van der Waals surface area contributed by atoms with Crippen molar-refractivity contribution in [2.24, 2.45) is 0 Å². The molecule has 0 rings (SSSR count). The Balaban J connectivity index is 2.97. The van der Waals surface area contributed by atoms with Gasteiger partial charge in [0.2, 0.25) is 0 Å². The second kappa shape index (κ2) is 6.53. The van der Waals surface area contributed by atoms with Crippen LogP contribution in [0.3, 0.4) is 0 Å². The minimum Gasteiger partial charge on any atom is -0.550 e. The molecular weight excluding hydrogens is 160 g/mol. The lowest BCUT2D eigenvalue weighted by Crippen LogP contribution is -2.21. The summed E-state index contributed by atoms with van der Waals surface area (Å²) in [6.45, 7) is 0. The predicted octanol–water partition coefficient (Wildman–Crippen LogP) is 0.175. The molecule has 66 valence electrons. The maximum atomic E-state index is 9.99. The second-order valence-corrected chi connectivity index (χ2v) is 5.25. The molecule has 0 N–H and O–H groups in total. The van der Waals surface area contributed by atoms with Crippen LogP contribution >= 0.6 is 0 Å². The van der Waals surface area contributed by atoms with Crippen LogP contribution in [0.4, 0.5) is 0 Å². The van der Waals surface area contributed by atoms with Gasteiger partial charge in [-0.15, -0.1) is 0 Å². The highest BCUT2D eigenvalue weighted by Gasteiger charge is 2.00. The van der Waals surface area contributed by atoms with E-state index in [1.165, 1.54) is 5.75 Å². The maximum absolute atomic E-state index is 9.99. The quantitative estimate of drug-likeness (QED) is 0.428. The topological polar surface area (TPSA) is 40.1 Å². The van der Waals surface area contributed by atoms with Crippen molar-refractivity contribution in [1.29, 1.82) is 0 Å². The molecule has 0 aromatic carbocycles. The summed E-state index contributed by atoms with van der Waals surface area (Å²) in [6, 6.07) is 0. The van der Waals surface area contributed by atoms with Crippen LogP contribution in [0.25, 0.3) is 0 Å². The van der Waals surface area contributed by atoms with E-state index in [0.29, 0.717) is 10.9 Å². The number of rotatable bonds is 6. The molecule has 0 heterocycles. The van der Waals surface area contributed by atoms with E-state index in [4.69, 9.17) is 0 Å². The Kier molecular flexibility index (Phi) is 6.42. The van der Waals surface area contributed by atoms with Crippen molar-refractivity contribution in [3.8, 4) is 0 Å². The van der Waals surface area contributed by atoms with Crippen molar-refractivity contribution >= 4 is 16.9 Å². The van der Waals surface area contributed by atoms with Gasteiger partial charge >= 0.3 is 0 Å². The van der Waals surface area contributed by atoms with Crippen molar-refractivity contribution in [3.05, 3.63) is 0 Å². The van der Waals surface area contributed by atoms with E-state index in [2.05, 4.69) is 12.5 Å². The molecule has 0 bridgehead atoms. The molecule has 3 heteroatoms. The predicted molar refractivity (Wildman–Crippen MR) is 47.6 cm³/mol. The largest absolute Gasteiger partial charge is 0.550 e. The van der Waals surface area contributed by atoms with E-state index >= 15 is 0 Å². The number of hydrogen-bond acceptors (Lipinski definition) is 2. The lowest BCUT2D eigenvalue weighted by Gasteiger charge is -2.00. The zero-order valence-corrected chi connectivity index (χ0v) is 8.08. The van der Waals surface area contributed by atoms with Gasteiger partial charge in [-0.1, -0.05) is 0 Å². The van der Waals surface area contributed by atoms with Gasteiger partial charge in [-0.25, -0.2) is 0 Å². The van der Waals surface area contributed by atoms with Gasteiger partial charge < -0.3 is 9.90 Å². The highest BCUT2D eigenvalue weighted by Crippen LogP contribution is 2.01. The molecule has 0 aliphatic rings. The van der Waals surface area contributed by atoms with Crippen molar-refractivity contribution in [3.63, 3.8) is 0 Å². The molecule has 0 saturated heterocycles. The van der Waals surface area contributed by atoms with Crippen molar-refractivity contribution < 1.29 is 9.90 Å². The van der Waals surface area contributed by atoms with Gasteiger partial charge in [-0.2, -0.15) is 0 Å². The number of carbonyl (C=O) groups is 1. The molecule has 0 spiro atoms. The van der Waals surface area contributed by atoms with Crippen LogP contribution in [0, 0.1) is 0 Å². The molecule has 0 radical (unpaired) electrons. The van der Waals surface area contributed by atoms with Crippen LogP contribution in [0.15, 0.2) is 0 Å². The third-order valence-corrected chi connectivity index (χ3v) is 2.54. The maximum Gasteiger partial charge on any atom is 0.107 e. The van der Waals surface area contributed by atoms with Crippen LogP contribution in [0.1, 0.15) is 25.7 Å². The van der Waals surface area contributed by atoms with E-state index < -0.39 is 5.97 Å². The van der Waals surface area contributed by atoms with Gasteiger partial charge in [0.15, 0.2) is 0 Å². The molecule has 0 aliphatic heterocycles. The minimum absolute atomic E-state index is 0.223. The molecule has 0 aliphatic carbocycles. The van der Waals surface area contributed by atoms with Gasteiger partial charge in [-0.3, -0.25) is 0 Å². The molecule has 0 unspecified atom stereocenters. The summed E-state index contributed by atoms with van der Waals surface area (Å²) in [5.74, 6) is 0.310. The molecule has 0 aromatic rings. The molecule has 0 aromatic heterocycles. The molecule has 0 fully saturated rings. The summed E-state index contributed by atoms with van der Waals surface area (Å²) in [6.07, 6.45) is 7.60. The second-order valence-electron chi connectivity index (χ2n) is 2.87. The zero-order valence-electron chi connectivity index (χ0n) is 7.26. The van der Waals surface area contributed by atoms with Crippen molar-refractivity contribution in [2.45, 2.75) is 25.7 Å². The Morgan fingerprint density at radius 3 is 2.36 bits per heavy atom. The molecule has 0 atom stereocenters. The fraction of sp³-hybridized carbons (Fsp3) is 0.875. The Labute approximate surface area is 71.3 Å². The first-order valence-electron chi connectivity index (χ1n) is 3.87. The average molecular weight is 176 g/mol. The fourth-order valence-corrected chi connectivity index (χ4v) is 1.62. The van der Waals surface area contributed by atoms with Gasteiger partial charge in [0.1, 0.15) is 5.75 Å². The smallest absolute Gasteiger partial charge is 0.107 e. The molecule has 0 saturated carbocycles. The van der Waals surface area contributed by atoms with Crippen LogP contribution < -0.4 is 5.11 Å². The highest BCUT2D eigenvalue weighted by atomic mass is 32.2. The van der Waals surface area contributed by atoms with E-state index in [-0.39, 0.29) is 6.42 Å². The first-order valence-corrected chi connectivity index (χ1v) is 6.08. The highest BCUT2D eigenvalue weighted by molar-refractivity contribution is 7.95. The monoisotopic (exact) mass is 176 g/mol. The lowest BCUT2D eigenvalue weighted by molar-refractivity contribution is -0.305. The van der Waals surface area contributed by atoms with Gasteiger partial charge in [-0.05, 0) is 36.6 Å². The van der Waals surface area contributed by atoms with E-state index in [1.54, 1.807) is 0 Å². The van der Waals surface area contributed by atoms with Gasteiger partial charge in [0, 0.05) is 5.97 Å². The van der Waals surface area contributed by atoms with Gasteiger partial charge in [0.05, 0.1) is 12.5 Å². The first kappa shape index (κ1) is 10.8. The van der Waals surface area contributed by atoms with E-state index in [0.717, 1.165) is 19.3 Å². The number of carboxylic acid groups (broad SMARTS) is 1. The molecular formula is C8H16O2S. The third-order valence-electron chi connectivity index (χ3n) is 1.43. The third kappa shape index (κ3) is 9.82. The molecule has 2 nitrogen and oxygen atoms in total. The summed E-state index contributed by atoms with van der Waals surface area (Å²) in [7, 11) is 0.507. The zero-order chi connectivity index (χ0) is 8.69. The standard InChI is InChI=1S/C8H16O2S/c1-11(2)7-5-3-4-6-8(9)10/h3-7H2,1-2H3. The van der Waals surface area contributed by atoms with Crippen LogP contribution in [-0.4, -0.2) is 24.2 Å². The van der Waals surface area contributed by atoms with Crippen molar-refractivity contribution in [2.75, 3.05) is 18.3 Å². The van der Waals surface area contributed by atoms with Crippen molar-refractivity contribution in [1.82, 2.24) is 0 Å². The minimum atomic E-state index is -0.919. The summed E-state index contributed by atoms with van der Waals surface area (Å²) >= 11 is 0. The average Bonchev–Trinajstić information content (AvgIpc) is 1.85. The summed E-state index contributed by atoms with van der Waals surface area (Å²) in [4.78, 5) is 9.99. The van der Waals surface area contributed by atoms with Gasteiger partial charge in [0.25, 0.3) is 0 Å². The van der Waals surface area contributed by atoms with E-state index in [9.17, 15) is 9.90 Å². The summed E-state index contributed by atoms with van der Waals surface area (Å²) in [5, 5.41) is 9.99. The number of aliphatic carboxylic acids is 1. The summed E-state index contributed by atoms with van der Waals surface area (Å²) in [5.41, 5.74) is 0. The van der Waals surface area contributed by atoms with Crippen LogP contribution in [0.2, 0.25) is 0 Å². The molecule has 11 heavy (non-hydrogen) atoms. The number of carboxylic acids is 1. The number of unbranched alkanes of at least 4 members (excludes halogenated alkanes) is 2. The Morgan fingerprint density at radius 1 is 1.27 bits per heavy atom. The summed E-state index contributed by atoms with van der Waals surface area (Å²) < 4.78 is 0. The SMILES string of the molecule is C[S+](C)CCCCCC(=O)[O-]. The van der Waals surface area contributed by atoms with E-state index in [1.807, 2.05) is 0 Å². The normalized spacial score (nSPS) is 10.5. The number of carbonyl (C=O) groups excluding carboxylic acids is 1. The number of hydrogen-bond donors (Lipinski definition) is 0. The fourth-order valence-electron chi connectivity index (χ4n) is 0.837. The van der Waals surface area contributed by atoms with Crippen LogP contribution in [0.5, 0.6) is 0 Å². The van der Waals surface area contributed by atoms with Crippen LogP contribution in [-0.2, 0) is 15.7 Å². The Bertz CT molecular complexity index is 113. The lowest BCUT2D eigenvalue weighted by atomic mass is 10.2. The Hall–Kier alpha value is -0.180.